The van der Waals surface area contributed by atoms with Crippen LogP contribution in [0.3, 0.4) is 0 Å². The van der Waals surface area contributed by atoms with E-state index in [0.29, 0.717) is 24.7 Å². The number of carbonyl (C=O) groups is 1. The smallest absolute Gasteiger partial charge is 0.273 e. The van der Waals surface area contributed by atoms with Crippen LogP contribution in [-0.2, 0) is 13.1 Å². The van der Waals surface area contributed by atoms with Crippen LogP contribution in [-0.4, -0.2) is 45.4 Å². The van der Waals surface area contributed by atoms with Crippen molar-refractivity contribution < 1.29 is 4.79 Å². The zero-order chi connectivity index (χ0) is 20.8. The summed E-state index contributed by atoms with van der Waals surface area (Å²) in [5.41, 5.74) is 4.07. The van der Waals surface area contributed by atoms with E-state index >= 15 is 0 Å². The van der Waals surface area contributed by atoms with Gasteiger partial charge in [0.25, 0.3) is 5.91 Å². The van der Waals surface area contributed by atoms with E-state index in [1.165, 1.54) is 11.1 Å². The van der Waals surface area contributed by atoms with Crippen LogP contribution in [0, 0.1) is 12.8 Å². The topological polar surface area (TPSA) is 63.1 Å². The van der Waals surface area contributed by atoms with Crippen molar-refractivity contribution in [3.05, 3.63) is 83.2 Å². The van der Waals surface area contributed by atoms with E-state index < -0.39 is 0 Å². The van der Waals surface area contributed by atoms with Crippen molar-refractivity contribution in [3.8, 4) is 0 Å². The summed E-state index contributed by atoms with van der Waals surface area (Å²) in [5, 5.41) is 11.6. The summed E-state index contributed by atoms with van der Waals surface area (Å²) in [7, 11) is 0. The molecule has 1 aliphatic rings. The first-order valence-electron chi connectivity index (χ1n) is 10.7. The molecule has 4 rings (SSSR count). The molecular formula is C24H29N5O. The highest BCUT2D eigenvalue weighted by atomic mass is 16.2. The standard InChI is InChI=1S/C24H29N5O/c1-19-7-9-22(10-8-19)18-29-26-16-23(27-29)24(30)25-15-20-11-13-28(14-12-20)17-21-5-3-2-4-6-21/h2-10,16,20H,11-15,17-18H2,1H3,(H,25,30). The zero-order valence-electron chi connectivity index (χ0n) is 17.5. The fourth-order valence-corrected chi connectivity index (χ4v) is 3.85. The summed E-state index contributed by atoms with van der Waals surface area (Å²) in [4.78, 5) is 16.5. The van der Waals surface area contributed by atoms with Crippen LogP contribution >= 0.6 is 0 Å². The number of nitrogens with zero attached hydrogens (tertiary/aromatic N) is 4. The average Bonchev–Trinajstić information content (AvgIpc) is 3.24. The Balaban J connectivity index is 1.21. The lowest BCUT2D eigenvalue weighted by molar-refractivity contribution is 0.0929. The number of benzene rings is 2. The van der Waals surface area contributed by atoms with Crippen LogP contribution in [0.4, 0.5) is 0 Å². The Bertz CT molecular complexity index is 943. The van der Waals surface area contributed by atoms with Gasteiger partial charge in [-0.1, -0.05) is 60.2 Å². The first kappa shape index (κ1) is 20.3. The number of aryl methyl sites for hydroxylation is 1. The van der Waals surface area contributed by atoms with Gasteiger partial charge in [-0.15, -0.1) is 5.10 Å². The molecule has 30 heavy (non-hydrogen) atoms. The van der Waals surface area contributed by atoms with Gasteiger partial charge in [-0.3, -0.25) is 9.69 Å². The molecule has 1 amide bonds. The predicted octanol–water partition coefficient (Wildman–Crippen LogP) is 3.28. The van der Waals surface area contributed by atoms with E-state index in [4.69, 9.17) is 0 Å². The minimum atomic E-state index is -0.142. The first-order valence-corrected chi connectivity index (χ1v) is 10.7. The highest BCUT2D eigenvalue weighted by Gasteiger charge is 2.20. The maximum Gasteiger partial charge on any atom is 0.273 e. The number of hydrogen-bond acceptors (Lipinski definition) is 4. The van der Waals surface area contributed by atoms with Gasteiger partial charge in [0.15, 0.2) is 5.69 Å². The molecule has 6 nitrogen and oxygen atoms in total. The van der Waals surface area contributed by atoms with Crippen molar-refractivity contribution in [3.63, 3.8) is 0 Å². The third-order valence-electron chi connectivity index (χ3n) is 5.72. The van der Waals surface area contributed by atoms with Gasteiger partial charge in [0.1, 0.15) is 0 Å². The van der Waals surface area contributed by atoms with Gasteiger partial charge in [-0.25, -0.2) is 0 Å². The maximum absolute atomic E-state index is 12.5. The lowest BCUT2D eigenvalue weighted by Crippen LogP contribution is -2.38. The van der Waals surface area contributed by atoms with Gasteiger partial charge >= 0.3 is 0 Å². The second kappa shape index (κ2) is 9.67. The molecule has 1 N–H and O–H groups in total. The molecule has 1 fully saturated rings. The molecule has 0 bridgehead atoms. The Morgan fingerprint density at radius 2 is 1.70 bits per heavy atom. The van der Waals surface area contributed by atoms with Crippen LogP contribution in [0.15, 0.2) is 60.8 Å². The normalized spacial score (nSPS) is 15.2. The van der Waals surface area contributed by atoms with Gasteiger partial charge < -0.3 is 5.32 Å². The van der Waals surface area contributed by atoms with E-state index in [0.717, 1.165) is 38.0 Å². The molecule has 0 spiro atoms. The fourth-order valence-electron chi connectivity index (χ4n) is 3.85. The van der Waals surface area contributed by atoms with Gasteiger partial charge in [0, 0.05) is 13.1 Å². The number of likely N-dealkylation sites (tertiary alicyclic amines) is 1. The molecule has 0 aliphatic carbocycles. The van der Waals surface area contributed by atoms with E-state index in [9.17, 15) is 4.79 Å². The monoisotopic (exact) mass is 403 g/mol. The third-order valence-corrected chi connectivity index (χ3v) is 5.72. The molecule has 1 aromatic heterocycles. The Morgan fingerprint density at radius 1 is 1.00 bits per heavy atom. The number of rotatable bonds is 7. The summed E-state index contributed by atoms with van der Waals surface area (Å²) in [5.74, 6) is 0.375. The zero-order valence-corrected chi connectivity index (χ0v) is 17.5. The molecule has 3 aromatic rings. The lowest BCUT2D eigenvalue weighted by atomic mass is 9.96. The van der Waals surface area contributed by atoms with Gasteiger partial charge in [-0.05, 0) is 49.9 Å². The van der Waals surface area contributed by atoms with Gasteiger partial charge in [0.2, 0.25) is 0 Å². The van der Waals surface area contributed by atoms with Crippen molar-refractivity contribution in [2.45, 2.75) is 32.9 Å². The Kier molecular flexibility index (Phi) is 6.54. The largest absolute Gasteiger partial charge is 0.350 e. The van der Waals surface area contributed by atoms with E-state index in [1.54, 1.807) is 11.0 Å². The summed E-state index contributed by atoms with van der Waals surface area (Å²) in [6.45, 7) is 6.47. The number of aromatic nitrogens is 3. The Morgan fingerprint density at radius 3 is 2.43 bits per heavy atom. The van der Waals surface area contributed by atoms with E-state index in [-0.39, 0.29) is 5.91 Å². The Labute approximate surface area is 177 Å². The van der Waals surface area contributed by atoms with Gasteiger partial charge in [0.05, 0.1) is 12.7 Å². The van der Waals surface area contributed by atoms with Crippen LogP contribution in [0.1, 0.15) is 40.0 Å². The molecule has 0 unspecified atom stereocenters. The van der Waals surface area contributed by atoms with Crippen molar-refractivity contribution in [1.29, 1.82) is 0 Å². The number of nitrogens with one attached hydrogen (secondary N) is 1. The minimum absolute atomic E-state index is 0.142. The molecule has 2 heterocycles. The van der Waals surface area contributed by atoms with Gasteiger partial charge in [-0.2, -0.15) is 9.90 Å². The molecule has 6 heteroatoms. The third kappa shape index (κ3) is 5.54. The summed E-state index contributed by atoms with van der Waals surface area (Å²) in [6, 6.07) is 18.8. The molecule has 1 aliphatic heterocycles. The van der Waals surface area contributed by atoms with E-state index in [1.807, 2.05) is 0 Å². The number of piperidine rings is 1. The van der Waals surface area contributed by atoms with E-state index in [2.05, 4.69) is 81.9 Å². The second-order valence-electron chi connectivity index (χ2n) is 8.16. The quantitative estimate of drug-likeness (QED) is 0.658. The van der Waals surface area contributed by atoms with Crippen LogP contribution in [0.25, 0.3) is 0 Å². The number of hydrogen-bond donors (Lipinski definition) is 1. The molecule has 0 atom stereocenters. The van der Waals surface area contributed by atoms with Crippen molar-refractivity contribution in [1.82, 2.24) is 25.2 Å². The molecule has 2 aromatic carbocycles. The number of carbonyl (C=O) groups excluding carboxylic acids is 1. The highest BCUT2D eigenvalue weighted by Crippen LogP contribution is 2.18. The van der Waals surface area contributed by atoms with Crippen LogP contribution < -0.4 is 5.32 Å². The van der Waals surface area contributed by atoms with Crippen LogP contribution in [0.5, 0.6) is 0 Å². The molecule has 0 saturated carbocycles. The summed E-state index contributed by atoms with van der Waals surface area (Å²) < 4.78 is 0. The maximum atomic E-state index is 12.5. The average molecular weight is 404 g/mol. The number of amides is 1. The summed E-state index contributed by atoms with van der Waals surface area (Å²) in [6.07, 6.45) is 3.76. The fraction of sp³-hybridized carbons (Fsp3) is 0.375. The SMILES string of the molecule is Cc1ccc(Cn2ncc(C(=O)NCC3CCN(Cc4ccccc4)CC3)n2)cc1. The van der Waals surface area contributed by atoms with Crippen molar-refractivity contribution in [2.24, 2.45) is 5.92 Å². The predicted molar refractivity (Wildman–Crippen MR) is 117 cm³/mol. The van der Waals surface area contributed by atoms with Crippen molar-refractivity contribution >= 4 is 5.91 Å². The molecule has 156 valence electrons. The summed E-state index contributed by atoms with van der Waals surface area (Å²) >= 11 is 0. The van der Waals surface area contributed by atoms with Crippen molar-refractivity contribution in [2.75, 3.05) is 19.6 Å². The molecular weight excluding hydrogens is 374 g/mol. The highest BCUT2D eigenvalue weighted by molar-refractivity contribution is 5.91. The first-order chi connectivity index (χ1) is 14.7. The van der Waals surface area contributed by atoms with Crippen LogP contribution in [0.2, 0.25) is 0 Å². The molecule has 0 radical (unpaired) electrons. The lowest BCUT2D eigenvalue weighted by Gasteiger charge is -2.32. The minimum Gasteiger partial charge on any atom is -0.350 e. The second-order valence-corrected chi connectivity index (χ2v) is 8.16. The molecule has 1 saturated heterocycles. The Hall–Kier alpha value is -2.99.